The van der Waals surface area contributed by atoms with Gasteiger partial charge in [-0.25, -0.2) is 0 Å². The van der Waals surface area contributed by atoms with E-state index in [1.165, 1.54) is 122 Å². The fourth-order valence-electron chi connectivity index (χ4n) is 14.1. The molecule has 0 saturated carbocycles. The van der Waals surface area contributed by atoms with Gasteiger partial charge in [0.05, 0.1) is 22.2 Å². The Morgan fingerprint density at radius 2 is 0.577 bits per heavy atom. The Morgan fingerprint density at radius 3 is 1.04 bits per heavy atom. The number of fused-ring (bicyclic) bond motifs is 24. The van der Waals surface area contributed by atoms with E-state index in [0.29, 0.717) is 0 Å². The van der Waals surface area contributed by atoms with E-state index in [9.17, 15) is 0 Å². The van der Waals surface area contributed by atoms with Gasteiger partial charge in [0.1, 0.15) is 0 Å². The van der Waals surface area contributed by atoms with Crippen LogP contribution in [0.4, 0.5) is 17.1 Å². The predicted molar refractivity (Wildman–Crippen MR) is 294 cm³/mol. The zero-order valence-electron chi connectivity index (χ0n) is 38.8. The summed E-state index contributed by atoms with van der Waals surface area (Å²) in [5.41, 5.74) is 25.9. The van der Waals surface area contributed by atoms with Crippen molar-refractivity contribution in [3.05, 3.63) is 305 Å². The fraction of sp³-hybridized carbons (Fsp3) is 0.0286. The van der Waals surface area contributed by atoms with Crippen molar-refractivity contribution >= 4 is 38.6 Å². The highest BCUT2D eigenvalue weighted by Gasteiger charge is 2.55. The van der Waals surface area contributed by atoms with Gasteiger partial charge in [0, 0.05) is 16.8 Å². The normalized spacial score (nSPS) is 16.8. The zero-order chi connectivity index (χ0) is 46.4. The Bertz CT molecular complexity index is 4000. The number of hydrogen-bond acceptors (Lipinski definition) is 1. The van der Waals surface area contributed by atoms with Crippen LogP contribution in [0, 0.1) is 0 Å². The van der Waals surface area contributed by atoms with Crippen molar-refractivity contribution in [3.63, 3.8) is 0 Å². The Balaban J connectivity index is 1.01. The second-order valence-electron chi connectivity index (χ2n) is 19.7. The highest BCUT2D eigenvalue weighted by molar-refractivity contribution is 6.10. The molecule has 0 aromatic heterocycles. The van der Waals surface area contributed by atoms with E-state index in [-0.39, 0.29) is 0 Å². The molecule has 0 bridgehead atoms. The summed E-state index contributed by atoms with van der Waals surface area (Å²) in [7, 11) is 0. The minimum atomic E-state index is -0.518. The monoisotopic (exact) mass is 897 g/mol. The highest BCUT2D eigenvalue weighted by atomic mass is 15.1. The molecule has 4 aliphatic rings. The van der Waals surface area contributed by atoms with E-state index in [0.717, 1.165) is 17.1 Å². The van der Waals surface area contributed by atoms with E-state index in [1.807, 2.05) is 0 Å². The van der Waals surface area contributed by atoms with Crippen LogP contribution in [0.25, 0.3) is 77.2 Å². The van der Waals surface area contributed by atoms with Gasteiger partial charge in [0.15, 0.2) is 0 Å². The molecule has 1 heteroatoms. The first-order chi connectivity index (χ1) is 35.3. The summed E-state index contributed by atoms with van der Waals surface area (Å²) >= 11 is 0. The first-order valence-electron chi connectivity index (χ1n) is 24.9. The summed E-state index contributed by atoms with van der Waals surface area (Å²) in [6.45, 7) is 0. The molecule has 0 radical (unpaired) electrons. The third-order valence-corrected chi connectivity index (χ3v) is 16.7. The molecule has 0 amide bonds. The standard InChI is InChI=1S/C70H43N/c1-2-18-44(19-3-1)45-36-40-48(41-37-45)71(63-34-16-32-59-67(63)53-26-10-14-30-57(53)69(59)55-28-12-8-24-51(55)65-49-22-6-4-20-46(49)38-42-61(65)69)64-35-17-33-60-68(64)54-27-11-15-31-58(54)70(60)56-29-13-9-25-52(56)66-50-23-7-5-21-47(50)39-43-62(66)70/h1-43H. The van der Waals surface area contributed by atoms with E-state index in [2.05, 4.69) is 266 Å². The van der Waals surface area contributed by atoms with Crippen LogP contribution in [-0.4, -0.2) is 0 Å². The van der Waals surface area contributed by atoms with Crippen molar-refractivity contribution in [1.82, 2.24) is 0 Å². The molecule has 328 valence electrons. The van der Waals surface area contributed by atoms with Crippen molar-refractivity contribution in [2.24, 2.45) is 0 Å². The number of benzene rings is 12. The second-order valence-corrected chi connectivity index (χ2v) is 19.7. The average molecular weight is 898 g/mol. The SMILES string of the molecule is c1ccc(-c2ccc(N(c3cccc4c3-c3ccccc3C43c4ccccc4-c4c3ccc3ccccc43)c3cccc4c3-c3ccccc3C43c4ccccc4-c4c3ccc3ccccc43)cc2)cc1. The van der Waals surface area contributed by atoms with Gasteiger partial charge in [-0.1, -0.05) is 237 Å². The summed E-state index contributed by atoms with van der Waals surface area (Å²) in [5, 5.41) is 5.12. The van der Waals surface area contributed by atoms with Gasteiger partial charge >= 0.3 is 0 Å². The minimum Gasteiger partial charge on any atom is -0.309 e. The third-order valence-electron chi connectivity index (χ3n) is 16.7. The van der Waals surface area contributed by atoms with E-state index in [4.69, 9.17) is 0 Å². The first kappa shape index (κ1) is 38.9. The first-order valence-corrected chi connectivity index (χ1v) is 24.9. The summed E-state index contributed by atoms with van der Waals surface area (Å²) in [6, 6.07) is 98.6. The van der Waals surface area contributed by atoms with Crippen molar-refractivity contribution in [2.45, 2.75) is 10.8 Å². The van der Waals surface area contributed by atoms with Crippen LogP contribution in [0.2, 0.25) is 0 Å². The lowest BCUT2D eigenvalue weighted by Crippen LogP contribution is -2.26. The molecule has 16 rings (SSSR count). The molecule has 2 atom stereocenters. The minimum absolute atomic E-state index is 0.518. The van der Waals surface area contributed by atoms with Crippen LogP contribution in [0.15, 0.2) is 261 Å². The van der Waals surface area contributed by atoms with Crippen molar-refractivity contribution in [3.8, 4) is 55.6 Å². The molecule has 0 aliphatic heterocycles. The van der Waals surface area contributed by atoms with Gasteiger partial charge in [0.2, 0.25) is 0 Å². The molecule has 0 N–H and O–H groups in total. The summed E-state index contributed by atoms with van der Waals surface area (Å²) in [6.07, 6.45) is 0. The lowest BCUT2D eigenvalue weighted by Gasteiger charge is -2.33. The van der Waals surface area contributed by atoms with Crippen LogP contribution < -0.4 is 4.90 Å². The Kier molecular flexibility index (Phi) is 7.81. The molecular weight excluding hydrogens is 855 g/mol. The van der Waals surface area contributed by atoms with Gasteiger partial charge < -0.3 is 4.90 Å². The van der Waals surface area contributed by atoms with Gasteiger partial charge in [0.25, 0.3) is 0 Å². The maximum Gasteiger partial charge on any atom is 0.0726 e. The van der Waals surface area contributed by atoms with Gasteiger partial charge in [-0.2, -0.15) is 0 Å². The number of nitrogens with zero attached hydrogens (tertiary/aromatic N) is 1. The molecule has 71 heavy (non-hydrogen) atoms. The van der Waals surface area contributed by atoms with Crippen LogP contribution in [-0.2, 0) is 10.8 Å². The lowest BCUT2D eigenvalue weighted by atomic mass is 9.70. The maximum absolute atomic E-state index is 2.60. The Hall–Kier alpha value is -9.04. The van der Waals surface area contributed by atoms with Crippen molar-refractivity contribution < 1.29 is 0 Å². The van der Waals surface area contributed by atoms with Crippen molar-refractivity contribution in [1.29, 1.82) is 0 Å². The topological polar surface area (TPSA) is 3.24 Å². The molecule has 0 saturated heterocycles. The number of rotatable bonds is 4. The van der Waals surface area contributed by atoms with Crippen LogP contribution in [0.5, 0.6) is 0 Å². The Labute approximate surface area is 413 Å². The zero-order valence-corrected chi connectivity index (χ0v) is 38.8. The summed E-state index contributed by atoms with van der Waals surface area (Å²) in [5.74, 6) is 0. The van der Waals surface area contributed by atoms with E-state index >= 15 is 0 Å². The van der Waals surface area contributed by atoms with Gasteiger partial charge in [-0.15, -0.1) is 0 Å². The number of anilines is 3. The van der Waals surface area contributed by atoms with Crippen molar-refractivity contribution in [2.75, 3.05) is 4.90 Å². The molecule has 0 fully saturated rings. The molecule has 1 nitrogen and oxygen atoms in total. The maximum atomic E-state index is 2.60. The van der Waals surface area contributed by atoms with Crippen LogP contribution in [0.3, 0.4) is 0 Å². The van der Waals surface area contributed by atoms with Gasteiger partial charge in [-0.3, -0.25) is 0 Å². The summed E-state index contributed by atoms with van der Waals surface area (Å²) < 4.78 is 0. The molecule has 0 heterocycles. The van der Waals surface area contributed by atoms with Crippen LogP contribution >= 0.6 is 0 Å². The molecule has 2 unspecified atom stereocenters. The van der Waals surface area contributed by atoms with E-state index in [1.54, 1.807) is 0 Å². The van der Waals surface area contributed by atoms with E-state index < -0.39 is 10.8 Å². The predicted octanol–water partition coefficient (Wildman–Crippen LogP) is 17.8. The highest BCUT2D eigenvalue weighted by Crippen LogP contribution is 2.68. The number of hydrogen-bond donors (Lipinski definition) is 0. The molecule has 12 aromatic rings. The molecular formula is C70H43N. The largest absolute Gasteiger partial charge is 0.309 e. The second kappa shape index (κ2) is 14.3. The summed E-state index contributed by atoms with van der Waals surface area (Å²) in [4.78, 5) is 2.60. The van der Waals surface area contributed by atoms with Crippen LogP contribution in [0.1, 0.15) is 44.5 Å². The fourth-order valence-corrected chi connectivity index (χ4v) is 14.1. The molecule has 4 aliphatic carbocycles. The third kappa shape index (κ3) is 4.85. The molecule has 2 spiro atoms. The molecule has 12 aromatic carbocycles. The quantitative estimate of drug-likeness (QED) is 0.170. The van der Waals surface area contributed by atoms with Gasteiger partial charge in [-0.05, 0) is 135 Å². The smallest absolute Gasteiger partial charge is 0.0726 e. The average Bonchev–Trinajstić information content (AvgIpc) is 4.14. The Morgan fingerprint density at radius 1 is 0.225 bits per heavy atom. The lowest BCUT2D eigenvalue weighted by molar-refractivity contribution is 0.794.